The van der Waals surface area contributed by atoms with E-state index in [9.17, 15) is 52.7 Å². The largest absolute Gasteiger partial charge is 0.460 e. The molecule has 0 bridgehead atoms. The average molecular weight is 1850 g/mol. The van der Waals surface area contributed by atoms with Gasteiger partial charge >= 0.3 is 23.9 Å². The smallest absolute Gasteiger partial charge is 0.345 e. The van der Waals surface area contributed by atoms with Gasteiger partial charge in [0, 0.05) is 137 Å². The van der Waals surface area contributed by atoms with E-state index in [1.807, 2.05) is 34.6 Å². The number of carbonyl (C=O) groups is 11. The van der Waals surface area contributed by atoms with Crippen LogP contribution in [0.2, 0.25) is 0 Å². The number of rotatable bonds is 36. The van der Waals surface area contributed by atoms with Crippen LogP contribution in [0.3, 0.4) is 0 Å². The zero-order chi connectivity index (χ0) is 63.3. The second-order valence-electron chi connectivity index (χ2n) is 19.1. The van der Waals surface area contributed by atoms with Crippen LogP contribution in [-0.4, -0.2) is 132 Å². The fourth-order valence-electron chi connectivity index (χ4n) is 8.15. The number of methoxy groups -OCH3 is 3. The summed E-state index contributed by atoms with van der Waals surface area (Å²) in [6.07, 6.45) is 5.55. The Labute approximate surface area is 718 Å². The summed E-state index contributed by atoms with van der Waals surface area (Å²) >= 11 is 0. The minimum atomic E-state index is -1.08. The molecule has 0 heterocycles. The fourth-order valence-corrected chi connectivity index (χ4v) is 8.15. The van der Waals surface area contributed by atoms with Crippen LogP contribution < -0.4 is 0 Å². The molecule has 0 spiro atoms. The molecule has 1 fully saturated rings. The molecule has 677 valence electrons. The molecule has 0 amide bonds. The maximum Gasteiger partial charge on any atom is 0.345 e. The summed E-state index contributed by atoms with van der Waals surface area (Å²) in [4.78, 5) is 147. The summed E-state index contributed by atoms with van der Waals surface area (Å²) in [5.74, 6) is -12.0. The normalized spacial score (nSPS) is 13.4. The van der Waals surface area contributed by atoms with E-state index in [4.69, 9.17) is 4.89 Å². The summed E-state index contributed by atoms with van der Waals surface area (Å²) in [6, 6.07) is 0. The van der Waals surface area contributed by atoms with E-state index in [-0.39, 0.29) is 293 Å². The Hall–Kier alpha value is -3.99. The van der Waals surface area contributed by atoms with E-state index < -0.39 is 117 Å². The van der Waals surface area contributed by atoms with Gasteiger partial charge in [-0.15, -0.1) is 13.2 Å². The van der Waals surface area contributed by atoms with Crippen molar-refractivity contribution < 1.29 is 141 Å². The Morgan fingerprint density at radius 1 is 0.398 bits per heavy atom. The molecule has 9 atom stereocenters. The van der Waals surface area contributed by atoms with Gasteiger partial charge in [-0.25, -0.2) is 19.2 Å². The molecule has 108 heavy (non-hydrogen) atoms. The second-order valence-corrected chi connectivity index (χ2v) is 19.1. The van der Waals surface area contributed by atoms with Crippen LogP contribution in [-0.2, 0) is 109 Å². The molecule has 1 saturated carbocycles. The molecule has 9 unspecified atom stereocenters. The van der Waals surface area contributed by atoms with Crippen molar-refractivity contribution in [1.29, 1.82) is 0 Å². The summed E-state index contributed by atoms with van der Waals surface area (Å²) in [5.41, 5.74) is -1.08. The van der Waals surface area contributed by atoms with E-state index in [1.54, 1.807) is 69.8 Å². The average Bonchev–Trinajstić information content (AvgIpc) is 3.47. The van der Waals surface area contributed by atoms with Crippen LogP contribution in [0.4, 0.5) is 0 Å². The summed E-state index contributed by atoms with van der Waals surface area (Å²) in [7, 11) is 6.03. The molecule has 0 aromatic rings. The molecule has 0 N–H and O–H groups in total. The number of ether oxygens (including phenoxy) is 6. The zero-order valence-electron chi connectivity index (χ0n) is 52.6. The number of ketones is 7. The van der Waals surface area contributed by atoms with Gasteiger partial charge in [0.1, 0.15) is 25.6 Å². The van der Waals surface area contributed by atoms with Crippen LogP contribution in [0, 0.1) is 95.7 Å². The van der Waals surface area contributed by atoms with Crippen molar-refractivity contribution in [3.8, 4) is 0 Å². The first-order valence-corrected chi connectivity index (χ1v) is 27.6. The summed E-state index contributed by atoms with van der Waals surface area (Å²) < 4.78 is 27.5. The number of hydrogen-bond acceptors (Lipinski definition) is 19. The van der Waals surface area contributed by atoms with E-state index >= 15 is 0 Å². The monoisotopic (exact) mass is 1840 g/mol. The number of Topliss-reactive ketones (excluding diaryl/α,β-unsaturated/α-hetero) is 7. The quantitative estimate of drug-likeness (QED) is 0.00825. The Morgan fingerprint density at radius 3 is 0.954 bits per heavy atom. The molecule has 21 heteroatoms. The maximum absolute atomic E-state index is 13.9. The second kappa shape index (κ2) is 132. The summed E-state index contributed by atoms with van der Waals surface area (Å²) in [5, 5.41) is 0. The molecule has 0 aromatic carbocycles. The molecule has 1 rings (SSSR count). The standard InChI is InChI=1S/C39H62O10.C8H10O4.C6H10O3.C4H10O2.C2H6.C2H4.26CH4.U.V/c1-13-21(5)17-30(40)23(7)18-27(15-3)34(43)35(44)29(20-28(16-4)38(47)49-48-12)19-24(8)32(41)36(45)31-25(9)39(11,26(31)10)37(46)33(42)22(6)14-2;1-3-7(9)11-5-6-12-8(10)4-2;1-3-6(7)9-5-4-8-2;1-5-3-4-6-2;2*1-2;;;;;;;;;;;;;;;;;;;;;;;;;;;;/h21-29,31H,13-20H2,1-12H3;3-4H,1-2,5-6H2;3H,1,4-5H2,2H3;3-4H2,1-2H3;1-2H3;1-2H2;26*1H4;;. The van der Waals surface area contributed by atoms with Crippen molar-refractivity contribution in [2.24, 2.45) is 64.6 Å². The van der Waals surface area contributed by atoms with Crippen molar-refractivity contribution in [2.75, 3.05) is 68.1 Å². The molecular formula is C87H206O19UV. The predicted octanol–water partition coefficient (Wildman–Crippen LogP) is 26.0. The first kappa shape index (κ1) is 219. The Bertz CT molecular complexity index is 1890. The van der Waals surface area contributed by atoms with Gasteiger partial charge in [0.05, 0.1) is 32.8 Å². The molecule has 1 radical (unpaired) electrons. The third-order valence-electron chi connectivity index (χ3n) is 13.9. The zero-order valence-corrected chi connectivity index (χ0v) is 58.2. The first-order valence-electron chi connectivity index (χ1n) is 27.6. The van der Waals surface area contributed by atoms with Gasteiger partial charge in [-0.05, 0) is 56.3 Å². The van der Waals surface area contributed by atoms with Crippen LogP contribution in [0.5, 0.6) is 0 Å². The van der Waals surface area contributed by atoms with Crippen LogP contribution in [0.15, 0.2) is 51.1 Å². The predicted molar refractivity (Wildman–Crippen MR) is 482 cm³/mol. The minimum Gasteiger partial charge on any atom is -0.460 e. The number of carbonyl (C=O) groups excluding carboxylic acids is 11. The van der Waals surface area contributed by atoms with Gasteiger partial charge in [-0.1, -0.05) is 309 Å². The van der Waals surface area contributed by atoms with Crippen molar-refractivity contribution in [3.05, 3.63) is 51.1 Å². The molecule has 0 aliphatic heterocycles. The van der Waals surface area contributed by atoms with Crippen molar-refractivity contribution in [2.45, 2.75) is 334 Å². The van der Waals surface area contributed by atoms with Crippen LogP contribution >= 0.6 is 0 Å². The SMILES string of the molecule is C.C.C.C.C.C.C.C.C.C.C.C.C.C.C.C.C.C.C.C.C.C.C.C.C.C.C=C.C=CC(=O)OCCOC.C=CC(=O)OCCOC(=O)C=C.CC.CCC(C)CC(=O)C(C)CC(CC)C(=O)C(=O)C(CC(C)C(=O)C(=O)C1C(C)C(C)(C(=O)C(=O)C(C)CC)C1C)CC(CC)C(=O)OOC.COCCOC.[U].[V]. The molecule has 19 nitrogen and oxygen atoms in total. The Kier molecular flexibility index (Phi) is 268. The van der Waals surface area contributed by atoms with Crippen molar-refractivity contribution >= 4 is 64.4 Å². The van der Waals surface area contributed by atoms with Crippen LogP contribution in [0.25, 0.3) is 0 Å². The minimum absolute atomic E-state index is 0. The van der Waals surface area contributed by atoms with Gasteiger partial charge in [0.25, 0.3) is 0 Å². The van der Waals surface area contributed by atoms with Gasteiger partial charge in [-0.2, -0.15) is 4.89 Å². The number of hydrogen-bond donors (Lipinski definition) is 0. The third kappa shape index (κ3) is 86.0. The van der Waals surface area contributed by atoms with E-state index in [0.29, 0.717) is 45.7 Å². The third-order valence-corrected chi connectivity index (χ3v) is 13.9. The van der Waals surface area contributed by atoms with Crippen molar-refractivity contribution in [3.63, 3.8) is 0 Å². The molecular weight excluding hydrogens is 1640 g/mol. The summed E-state index contributed by atoms with van der Waals surface area (Å²) in [6.45, 7) is 41.2. The van der Waals surface area contributed by atoms with E-state index in [0.717, 1.165) is 24.6 Å². The van der Waals surface area contributed by atoms with E-state index in [1.165, 1.54) is 14.0 Å². The van der Waals surface area contributed by atoms with Gasteiger partial charge in [0.2, 0.25) is 34.7 Å². The van der Waals surface area contributed by atoms with E-state index in [2.05, 4.69) is 66.2 Å². The Balaban J connectivity index is -0.0000000265. The Morgan fingerprint density at radius 2 is 0.685 bits per heavy atom. The van der Waals surface area contributed by atoms with Gasteiger partial charge in [-0.3, -0.25) is 38.4 Å². The topological polar surface area (TPSA) is 262 Å². The first-order chi connectivity index (χ1) is 37.7. The van der Waals surface area contributed by atoms with Crippen molar-refractivity contribution in [1.82, 2.24) is 0 Å². The molecule has 1 aliphatic carbocycles. The molecule has 0 aromatic heterocycles. The fraction of sp³-hybridized carbons (Fsp3) is 0.782. The van der Waals surface area contributed by atoms with Gasteiger partial charge < -0.3 is 28.4 Å². The molecule has 1 aliphatic rings. The number of esters is 3. The molecule has 0 saturated heterocycles. The maximum atomic E-state index is 13.9. The van der Waals surface area contributed by atoms with Crippen LogP contribution in [0.1, 0.15) is 334 Å². The van der Waals surface area contributed by atoms with Gasteiger partial charge in [0.15, 0.2) is 0 Å².